The quantitative estimate of drug-likeness (QED) is 0.799. The Morgan fingerprint density at radius 1 is 1.10 bits per heavy atom. The summed E-state index contributed by atoms with van der Waals surface area (Å²) in [5, 5.41) is 5.03. The fraction of sp³-hybridized carbons (Fsp3) is 0.467. The van der Waals surface area contributed by atoms with Gasteiger partial charge in [-0.25, -0.2) is 15.0 Å². The Morgan fingerprint density at radius 3 is 2.71 bits per heavy atom. The zero-order chi connectivity index (χ0) is 14.4. The molecular weight excluding hydrogens is 288 g/mol. The van der Waals surface area contributed by atoms with Crippen LogP contribution in [0, 0.1) is 0 Å². The molecule has 3 aliphatic rings. The van der Waals surface area contributed by atoms with Gasteiger partial charge in [-0.1, -0.05) is 18.0 Å². The third-order valence-electron chi connectivity index (χ3n) is 4.29. The number of hydrogen-bond acceptors (Lipinski definition) is 4. The van der Waals surface area contributed by atoms with E-state index in [9.17, 15) is 4.79 Å². The lowest BCUT2D eigenvalue weighted by Gasteiger charge is -2.43. The van der Waals surface area contributed by atoms with Gasteiger partial charge in [0.25, 0.3) is 5.91 Å². The van der Waals surface area contributed by atoms with Crippen molar-refractivity contribution in [3.05, 3.63) is 28.8 Å². The fourth-order valence-corrected chi connectivity index (χ4v) is 3.45. The minimum atomic E-state index is 0.0111. The highest BCUT2D eigenvalue weighted by molar-refractivity contribution is 6.31. The summed E-state index contributed by atoms with van der Waals surface area (Å²) >= 11 is 6.09. The minimum absolute atomic E-state index is 0.0111. The van der Waals surface area contributed by atoms with Gasteiger partial charge in [0.15, 0.2) is 0 Å². The van der Waals surface area contributed by atoms with Crippen molar-refractivity contribution in [3.63, 3.8) is 0 Å². The van der Waals surface area contributed by atoms with Crippen molar-refractivity contribution < 1.29 is 4.79 Å². The number of piperidine rings is 1. The van der Waals surface area contributed by atoms with Gasteiger partial charge in [0, 0.05) is 24.7 Å². The molecule has 1 saturated heterocycles. The second-order valence-corrected chi connectivity index (χ2v) is 6.06. The molecular formula is C15H17ClN4O. The number of guanidine groups is 1. The number of hydrazine groups is 1. The minimum Gasteiger partial charge on any atom is -0.275 e. The van der Waals surface area contributed by atoms with Crippen LogP contribution < -0.4 is 5.01 Å². The summed E-state index contributed by atoms with van der Waals surface area (Å²) in [6.07, 6.45) is 3.63. The maximum absolute atomic E-state index is 12.6. The third kappa shape index (κ3) is 2.03. The summed E-state index contributed by atoms with van der Waals surface area (Å²) in [7, 11) is 0. The van der Waals surface area contributed by atoms with Gasteiger partial charge in [-0.3, -0.25) is 9.69 Å². The summed E-state index contributed by atoms with van der Waals surface area (Å²) in [5.41, 5.74) is 1.58. The summed E-state index contributed by atoms with van der Waals surface area (Å²) in [6.45, 7) is 3.34. The lowest BCUT2D eigenvalue weighted by molar-refractivity contribution is 0.0840. The number of aliphatic imine (C=N–C) groups is 1. The van der Waals surface area contributed by atoms with Gasteiger partial charge in [0.05, 0.1) is 17.8 Å². The molecule has 0 radical (unpaired) electrons. The van der Waals surface area contributed by atoms with Crippen LogP contribution in [0.15, 0.2) is 23.2 Å². The first kappa shape index (κ1) is 13.1. The number of carbonyl (C=O) groups is 1. The molecule has 0 atom stereocenters. The highest BCUT2D eigenvalue weighted by Crippen LogP contribution is 2.34. The van der Waals surface area contributed by atoms with Gasteiger partial charge in [-0.2, -0.15) is 0 Å². The van der Waals surface area contributed by atoms with E-state index in [0.29, 0.717) is 23.7 Å². The lowest BCUT2D eigenvalue weighted by Crippen LogP contribution is -2.58. The monoisotopic (exact) mass is 304 g/mol. The maximum atomic E-state index is 12.6. The average Bonchev–Trinajstić information content (AvgIpc) is 2.99. The Hall–Kier alpha value is -1.59. The van der Waals surface area contributed by atoms with E-state index in [-0.39, 0.29) is 5.91 Å². The van der Waals surface area contributed by atoms with Gasteiger partial charge in [-0.15, -0.1) is 0 Å². The van der Waals surface area contributed by atoms with Crippen molar-refractivity contribution >= 4 is 29.2 Å². The number of benzene rings is 1. The largest absolute Gasteiger partial charge is 0.275 e. The van der Waals surface area contributed by atoms with Crippen molar-refractivity contribution in [2.24, 2.45) is 4.99 Å². The Bertz CT molecular complexity index is 624. The summed E-state index contributed by atoms with van der Waals surface area (Å²) in [4.78, 5) is 19.0. The predicted molar refractivity (Wildman–Crippen MR) is 82.7 cm³/mol. The van der Waals surface area contributed by atoms with Crippen LogP contribution in [0.4, 0.5) is 5.69 Å². The van der Waals surface area contributed by atoms with Crippen LogP contribution in [0.2, 0.25) is 5.02 Å². The van der Waals surface area contributed by atoms with E-state index >= 15 is 0 Å². The highest BCUT2D eigenvalue weighted by atomic mass is 35.5. The molecule has 0 saturated carbocycles. The van der Waals surface area contributed by atoms with Gasteiger partial charge in [-0.05, 0) is 31.0 Å². The molecule has 1 aromatic carbocycles. The SMILES string of the molecule is O=C1c2cc(Cl)ccc2N(N2CCCCC2)C2=NCCN12. The number of fused-ring (bicyclic) bond motifs is 2. The summed E-state index contributed by atoms with van der Waals surface area (Å²) in [6, 6.07) is 5.55. The van der Waals surface area contributed by atoms with E-state index in [1.807, 2.05) is 12.1 Å². The molecule has 3 aliphatic heterocycles. The van der Waals surface area contributed by atoms with Crippen LogP contribution in [0.3, 0.4) is 0 Å². The molecule has 0 aliphatic carbocycles. The summed E-state index contributed by atoms with van der Waals surface area (Å²) < 4.78 is 0. The molecule has 0 spiro atoms. The fourth-order valence-electron chi connectivity index (χ4n) is 3.28. The Morgan fingerprint density at radius 2 is 1.90 bits per heavy atom. The first-order chi connectivity index (χ1) is 10.3. The Kier molecular flexibility index (Phi) is 3.12. The van der Waals surface area contributed by atoms with Gasteiger partial charge < -0.3 is 0 Å². The highest BCUT2D eigenvalue weighted by Gasteiger charge is 2.40. The van der Waals surface area contributed by atoms with Crippen LogP contribution in [0.5, 0.6) is 0 Å². The molecule has 5 nitrogen and oxygen atoms in total. The molecule has 0 N–H and O–H groups in total. The van der Waals surface area contributed by atoms with E-state index in [1.165, 1.54) is 19.3 Å². The van der Waals surface area contributed by atoms with E-state index in [1.54, 1.807) is 11.0 Å². The molecule has 0 unspecified atom stereocenters. The normalized spacial score (nSPS) is 22.1. The van der Waals surface area contributed by atoms with Crippen molar-refractivity contribution in [3.8, 4) is 0 Å². The number of nitrogens with zero attached hydrogens (tertiary/aromatic N) is 4. The van der Waals surface area contributed by atoms with Gasteiger partial charge in [0.2, 0.25) is 5.96 Å². The predicted octanol–water partition coefficient (Wildman–Crippen LogP) is 2.37. The van der Waals surface area contributed by atoms with Crippen molar-refractivity contribution in [2.45, 2.75) is 19.3 Å². The molecule has 0 bridgehead atoms. The van der Waals surface area contributed by atoms with Crippen LogP contribution in [-0.4, -0.2) is 48.0 Å². The number of rotatable bonds is 1. The summed E-state index contributed by atoms with van der Waals surface area (Å²) in [5.74, 6) is 0.786. The molecule has 6 heteroatoms. The van der Waals surface area contributed by atoms with Crippen molar-refractivity contribution in [1.29, 1.82) is 0 Å². The van der Waals surface area contributed by atoms with Crippen LogP contribution in [-0.2, 0) is 0 Å². The van der Waals surface area contributed by atoms with E-state index in [2.05, 4.69) is 15.0 Å². The molecule has 0 aromatic heterocycles. The van der Waals surface area contributed by atoms with Gasteiger partial charge >= 0.3 is 0 Å². The first-order valence-electron chi connectivity index (χ1n) is 7.46. The Labute approximate surface area is 128 Å². The topological polar surface area (TPSA) is 39.2 Å². The lowest BCUT2D eigenvalue weighted by atomic mass is 10.1. The molecule has 110 valence electrons. The molecule has 1 aromatic rings. The number of hydrogen-bond donors (Lipinski definition) is 0. The molecule has 4 rings (SSSR count). The number of carbonyl (C=O) groups excluding carboxylic acids is 1. The second-order valence-electron chi connectivity index (χ2n) is 5.63. The molecule has 3 heterocycles. The average molecular weight is 305 g/mol. The first-order valence-corrected chi connectivity index (χ1v) is 7.84. The zero-order valence-electron chi connectivity index (χ0n) is 11.8. The third-order valence-corrected chi connectivity index (χ3v) is 4.52. The smallest absolute Gasteiger partial charge is 0.262 e. The van der Waals surface area contributed by atoms with E-state index < -0.39 is 0 Å². The van der Waals surface area contributed by atoms with Crippen molar-refractivity contribution in [1.82, 2.24) is 9.91 Å². The van der Waals surface area contributed by atoms with E-state index in [4.69, 9.17) is 11.6 Å². The zero-order valence-corrected chi connectivity index (χ0v) is 12.5. The van der Waals surface area contributed by atoms with Crippen molar-refractivity contribution in [2.75, 3.05) is 31.2 Å². The standard InChI is InChI=1S/C15H17ClN4O/c16-11-4-5-13-12(10-11)14(21)19-9-6-17-15(19)20(13)18-7-2-1-3-8-18/h4-5,10H,1-3,6-9H2. The Balaban J connectivity index is 1.83. The number of halogens is 1. The molecule has 21 heavy (non-hydrogen) atoms. The van der Waals surface area contributed by atoms with E-state index in [0.717, 1.165) is 24.7 Å². The van der Waals surface area contributed by atoms with Crippen LogP contribution in [0.1, 0.15) is 29.6 Å². The second kappa shape index (κ2) is 5.00. The molecule has 1 amide bonds. The molecule has 1 fully saturated rings. The van der Waals surface area contributed by atoms with Crippen LogP contribution in [0.25, 0.3) is 0 Å². The number of amides is 1. The maximum Gasteiger partial charge on any atom is 0.262 e. The number of anilines is 1. The van der Waals surface area contributed by atoms with Gasteiger partial charge in [0.1, 0.15) is 0 Å². The van der Waals surface area contributed by atoms with Crippen LogP contribution >= 0.6 is 11.6 Å².